The van der Waals surface area contributed by atoms with Crippen LogP contribution in [0, 0.1) is 10.1 Å². The van der Waals surface area contributed by atoms with Crippen molar-refractivity contribution in [3.63, 3.8) is 0 Å². The van der Waals surface area contributed by atoms with E-state index in [-0.39, 0.29) is 17.0 Å². The monoisotopic (exact) mass is 273 g/mol. The summed E-state index contributed by atoms with van der Waals surface area (Å²) in [5.74, 6) is -0.146. The molecule has 2 aromatic rings. The normalized spacial score (nSPS) is 9.85. The van der Waals surface area contributed by atoms with E-state index in [2.05, 4.69) is 0 Å². The Labute approximate surface area is 114 Å². The minimum atomic E-state index is -0.665. The number of nitrogens with zero attached hydrogens (tertiary/aromatic N) is 1. The summed E-state index contributed by atoms with van der Waals surface area (Å²) in [5.41, 5.74) is 0.0262. The van der Waals surface area contributed by atoms with Crippen molar-refractivity contribution in [1.82, 2.24) is 0 Å². The lowest BCUT2D eigenvalue weighted by Gasteiger charge is -2.05. The van der Waals surface area contributed by atoms with E-state index in [1.165, 1.54) is 37.4 Å². The van der Waals surface area contributed by atoms with Crippen LogP contribution in [0.15, 0.2) is 48.5 Å². The number of carbonyl (C=O) groups excluding carboxylic acids is 1. The fraction of sp³-hybridized carbons (Fsp3) is 0.0714. The maximum Gasteiger partial charge on any atom is 0.343 e. The summed E-state index contributed by atoms with van der Waals surface area (Å²) < 4.78 is 10.0. The second-order valence-electron chi connectivity index (χ2n) is 3.84. The van der Waals surface area contributed by atoms with Gasteiger partial charge in [0.25, 0.3) is 0 Å². The lowest BCUT2D eigenvalue weighted by Crippen LogP contribution is -2.09. The molecule has 102 valence electrons. The van der Waals surface area contributed by atoms with Crippen LogP contribution >= 0.6 is 0 Å². The lowest BCUT2D eigenvalue weighted by molar-refractivity contribution is -0.385. The quantitative estimate of drug-likeness (QED) is 0.370. The molecule has 2 rings (SSSR count). The van der Waals surface area contributed by atoms with Crippen molar-refractivity contribution in [1.29, 1.82) is 0 Å². The molecule has 0 aliphatic heterocycles. The van der Waals surface area contributed by atoms with Crippen molar-refractivity contribution >= 4 is 11.7 Å². The third-order valence-electron chi connectivity index (χ3n) is 2.59. The van der Waals surface area contributed by atoms with Crippen molar-refractivity contribution in [2.75, 3.05) is 7.11 Å². The van der Waals surface area contributed by atoms with E-state index < -0.39 is 10.9 Å². The number of nitro benzene ring substituents is 1. The first-order chi connectivity index (χ1) is 9.61. The number of rotatable bonds is 4. The third-order valence-corrected chi connectivity index (χ3v) is 2.59. The molecule has 0 saturated carbocycles. The Balaban J connectivity index is 2.21. The van der Waals surface area contributed by atoms with Crippen molar-refractivity contribution in [2.45, 2.75) is 0 Å². The Morgan fingerprint density at radius 3 is 2.35 bits per heavy atom. The summed E-state index contributed by atoms with van der Waals surface area (Å²) in [6.45, 7) is 0. The van der Waals surface area contributed by atoms with Gasteiger partial charge < -0.3 is 9.47 Å². The second kappa shape index (κ2) is 5.83. The molecule has 0 heterocycles. The minimum Gasteiger partial charge on any atom is -0.497 e. The second-order valence-corrected chi connectivity index (χ2v) is 3.84. The number of ether oxygens (including phenoxy) is 2. The number of para-hydroxylation sites is 2. The van der Waals surface area contributed by atoms with Gasteiger partial charge in [-0.1, -0.05) is 12.1 Å². The first-order valence-corrected chi connectivity index (χ1v) is 5.71. The average molecular weight is 273 g/mol. The Morgan fingerprint density at radius 1 is 1.10 bits per heavy atom. The topological polar surface area (TPSA) is 78.7 Å². The van der Waals surface area contributed by atoms with Gasteiger partial charge >= 0.3 is 11.7 Å². The van der Waals surface area contributed by atoms with Crippen LogP contribution in [0.1, 0.15) is 10.4 Å². The van der Waals surface area contributed by atoms with Crippen LogP contribution in [0.3, 0.4) is 0 Å². The summed E-state index contributed by atoms with van der Waals surface area (Å²) in [6, 6.07) is 12.0. The molecular weight excluding hydrogens is 262 g/mol. The molecular formula is C14H11NO5. The Bertz CT molecular complexity index is 636. The molecule has 0 fully saturated rings. The van der Waals surface area contributed by atoms with Gasteiger partial charge in [0.05, 0.1) is 17.6 Å². The average Bonchev–Trinajstić information content (AvgIpc) is 2.47. The number of methoxy groups -OCH3 is 1. The SMILES string of the molecule is COc1ccc(C(=O)Oc2ccccc2[N+](=O)[O-])cc1. The largest absolute Gasteiger partial charge is 0.497 e. The Kier molecular flexibility index (Phi) is 3.95. The number of nitro groups is 1. The highest BCUT2D eigenvalue weighted by molar-refractivity contribution is 5.91. The fourth-order valence-electron chi connectivity index (χ4n) is 1.58. The van der Waals surface area contributed by atoms with Crippen LogP contribution in [0.2, 0.25) is 0 Å². The van der Waals surface area contributed by atoms with Crippen LogP contribution in [0.5, 0.6) is 11.5 Å². The predicted molar refractivity (Wildman–Crippen MR) is 71.0 cm³/mol. The number of hydrogen-bond donors (Lipinski definition) is 0. The molecule has 6 heteroatoms. The maximum absolute atomic E-state index is 11.9. The number of benzene rings is 2. The van der Waals surface area contributed by atoms with Gasteiger partial charge in [-0.2, -0.15) is 0 Å². The minimum absolute atomic E-state index is 0.0849. The molecule has 0 aliphatic carbocycles. The third kappa shape index (κ3) is 2.92. The molecule has 0 aliphatic rings. The summed E-state index contributed by atoms with van der Waals surface area (Å²) >= 11 is 0. The number of esters is 1. The summed E-state index contributed by atoms with van der Waals surface area (Å²) in [4.78, 5) is 22.1. The zero-order valence-electron chi connectivity index (χ0n) is 10.6. The molecule has 0 amide bonds. The van der Waals surface area contributed by atoms with E-state index in [1.807, 2.05) is 0 Å². The predicted octanol–water partition coefficient (Wildman–Crippen LogP) is 2.82. The summed E-state index contributed by atoms with van der Waals surface area (Å²) in [5, 5.41) is 10.8. The molecule has 0 saturated heterocycles. The van der Waals surface area contributed by atoms with Gasteiger partial charge in [0.1, 0.15) is 5.75 Å². The highest BCUT2D eigenvalue weighted by atomic mass is 16.6. The van der Waals surface area contributed by atoms with Gasteiger partial charge in [-0.15, -0.1) is 0 Å². The molecule has 2 aromatic carbocycles. The van der Waals surface area contributed by atoms with E-state index in [0.29, 0.717) is 5.75 Å². The van der Waals surface area contributed by atoms with Crippen LogP contribution in [0.4, 0.5) is 5.69 Å². The Hall–Kier alpha value is -2.89. The maximum atomic E-state index is 11.9. The first-order valence-electron chi connectivity index (χ1n) is 5.71. The van der Waals surface area contributed by atoms with Gasteiger partial charge in [-0.05, 0) is 30.3 Å². The van der Waals surface area contributed by atoms with Gasteiger partial charge in [0.15, 0.2) is 0 Å². The van der Waals surface area contributed by atoms with Gasteiger partial charge in [0, 0.05) is 6.07 Å². The molecule has 6 nitrogen and oxygen atoms in total. The van der Waals surface area contributed by atoms with Crippen molar-refractivity contribution in [3.8, 4) is 11.5 Å². The lowest BCUT2D eigenvalue weighted by atomic mass is 10.2. The summed E-state index contributed by atoms with van der Waals surface area (Å²) in [7, 11) is 1.51. The van der Waals surface area contributed by atoms with Gasteiger partial charge in [0.2, 0.25) is 5.75 Å². The molecule has 0 radical (unpaired) electrons. The van der Waals surface area contributed by atoms with Crippen LogP contribution in [-0.4, -0.2) is 18.0 Å². The standard InChI is InChI=1S/C14H11NO5/c1-19-11-8-6-10(7-9-11)14(16)20-13-5-3-2-4-12(13)15(17)18/h2-9H,1H3. The molecule has 0 bridgehead atoms. The molecule has 0 N–H and O–H groups in total. The van der Waals surface area contributed by atoms with E-state index >= 15 is 0 Å². The van der Waals surface area contributed by atoms with Crippen molar-refractivity contribution in [2.24, 2.45) is 0 Å². The zero-order valence-corrected chi connectivity index (χ0v) is 10.6. The molecule has 0 aromatic heterocycles. The molecule has 20 heavy (non-hydrogen) atoms. The highest BCUT2D eigenvalue weighted by Crippen LogP contribution is 2.26. The van der Waals surface area contributed by atoms with E-state index in [0.717, 1.165) is 0 Å². The Morgan fingerprint density at radius 2 is 1.75 bits per heavy atom. The van der Waals surface area contributed by atoms with Crippen molar-refractivity contribution < 1.29 is 19.2 Å². The molecule has 0 atom stereocenters. The molecule has 0 unspecified atom stereocenters. The van der Waals surface area contributed by atoms with E-state index in [4.69, 9.17) is 9.47 Å². The fourth-order valence-corrected chi connectivity index (χ4v) is 1.58. The van der Waals surface area contributed by atoms with Crippen molar-refractivity contribution in [3.05, 3.63) is 64.2 Å². The van der Waals surface area contributed by atoms with Crippen LogP contribution < -0.4 is 9.47 Å². The summed E-state index contributed by atoms with van der Waals surface area (Å²) in [6.07, 6.45) is 0. The zero-order chi connectivity index (χ0) is 14.5. The van der Waals surface area contributed by atoms with Gasteiger partial charge in [-0.25, -0.2) is 4.79 Å². The smallest absolute Gasteiger partial charge is 0.343 e. The number of carbonyl (C=O) groups is 1. The highest BCUT2D eigenvalue weighted by Gasteiger charge is 2.17. The van der Waals surface area contributed by atoms with E-state index in [9.17, 15) is 14.9 Å². The molecule has 0 spiro atoms. The van der Waals surface area contributed by atoms with Gasteiger partial charge in [-0.3, -0.25) is 10.1 Å². The first kappa shape index (κ1) is 13.5. The van der Waals surface area contributed by atoms with Crippen LogP contribution in [-0.2, 0) is 0 Å². The van der Waals surface area contributed by atoms with Crippen LogP contribution in [0.25, 0.3) is 0 Å². The van der Waals surface area contributed by atoms with E-state index in [1.54, 1.807) is 18.2 Å². The number of hydrogen-bond acceptors (Lipinski definition) is 5.